The smallest absolute Gasteiger partial charge is 0.336 e. The second-order valence-electron chi connectivity index (χ2n) is 5.36. The van der Waals surface area contributed by atoms with Gasteiger partial charge in [-0.2, -0.15) is 0 Å². The van der Waals surface area contributed by atoms with Gasteiger partial charge in [0.25, 0.3) is 0 Å². The zero-order valence-electron chi connectivity index (χ0n) is 12.6. The summed E-state index contributed by atoms with van der Waals surface area (Å²) in [7, 11) is 1.27. The van der Waals surface area contributed by atoms with Crippen LogP contribution in [0.3, 0.4) is 0 Å². The van der Waals surface area contributed by atoms with Gasteiger partial charge in [0.05, 0.1) is 20.3 Å². The Labute approximate surface area is 123 Å². The molecule has 1 rings (SSSR count). The van der Waals surface area contributed by atoms with Crippen LogP contribution in [-0.4, -0.2) is 61.8 Å². The Hall–Kier alpha value is -1.83. The number of hydrogen-bond donors (Lipinski definition) is 2. The number of carbonyl (C=O) groups is 3. The lowest BCUT2D eigenvalue weighted by Gasteiger charge is -2.34. The van der Waals surface area contributed by atoms with Gasteiger partial charge in [0.15, 0.2) is 6.10 Å². The summed E-state index contributed by atoms with van der Waals surface area (Å²) in [6, 6.07) is -1.44. The summed E-state index contributed by atoms with van der Waals surface area (Å²) in [5.74, 6) is -0.571. The number of hydrogen-bond acceptors (Lipinski definition) is 5. The summed E-state index contributed by atoms with van der Waals surface area (Å²) in [4.78, 5) is 36.5. The molecule has 2 unspecified atom stereocenters. The number of ether oxygens (including phenoxy) is 2. The summed E-state index contributed by atoms with van der Waals surface area (Å²) in [5, 5.41) is 2.46. The number of morpholine rings is 1. The minimum absolute atomic E-state index is 0.112. The molecule has 1 aliphatic rings. The highest BCUT2D eigenvalue weighted by molar-refractivity contribution is 5.87. The molecule has 3 amide bonds. The van der Waals surface area contributed by atoms with Gasteiger partial charge >= 0.3 is 12.0 Å². The third kappa shape index (κ3) is 5.22. The van der Waals surface area contributed by atoms with Gasteiger partial charge in [-0.25, -0.2) is 9.59 Å². The van der Waals surface area contributed by atoms with Crippen molar-refractivity contribution in [1.82, 2.24) is 10.2 Å². The molecule has 21 heavy (non-hydrogen) atoms. The average Bonchev–Trinajstić information content (AvgIpc) is 2.44. The van der Waals surface area contributed by atoms with Crippen LogP contribution >= 0.6 is 0 Å². The van der Waals surface area contributed by atoms with Crippen LogP contribution in [0.2, 0.25) is 0 Å². The largest absolute Gasteiger partial charge is 0.467 e. The van der Waals surface area contributed by atoms with Crippen molar-refractivity contribution >= 4 is 17.9 Å². The molecule has 120 valence electrons. The van der Waals surface area contributed by atoms with Crippen LogP contribution < -0.4 is 11.1 Å². The molecule has 2 atom stereocenters. The van der Waals surface area contributed by atoms with Crippen molar-refractivity contribution in [3.05, 3.63) is 0 Å². The van der Waals surface area contributed by atoms with Crippen LogP contribution in [0.25, 0.3) is 0 Å². The maximum absolute atomic E-state index is 12.5. The highest BCUT2D eigenvalue weighted by Gasteiger charge is 2.33. The highest BCUT2D eigenvalue weighted by Crippen LogP contribution is 2.12. The van der Waals surface area contributed by atoms with Gasteiger partial charge in [0, 0.05) is 6.54 Å². The van der Waals surface area contributed by atoms with E-state index in [4.69, 9.17) is 10.5 Å². The molecule has 0 radical (unpaired) electrons. The number of nitrogens with zero attached hydrogens (tertiary/aromatic N) is 1. The third-order valence-electron chi connectivity index (χ3n) is 3.16. The monoisotopic (exact) mass is 301 g/mol. The maximum Gasteiger partial charge on any atom is 0.336 e. The Morgan fingerprint density at radius 2 is 2.10 bits per heavy atom. The molecule has 1 aliphatic heterocycles. The fraction of sp³-hybridized carbons (Fsp3) is 0.769. The van der Waals surface area contributed by atoms with Crippen molar-refractivity contribution in [3.63, 3.8) is 0 Å². The third-order valence-corrected chi connectivity index (χ3v) is 3.16. The topological polar surface area (TPSA) is 111 Å². The first-order chi connectivity index (χ1) is 9.85. The van der Waals surface area contributed by atoms with E-state index >= 15 is 0 Å². The minimum Gasteiger partial charge on any atom is -0.467 e. The van der Waals surface area contributed by atoms with E-state index in [1.165, 1.54) is 12.0 Å². The molecule has 0 saturated carbocycles. The molecule has 0 aliphatic carbocycles. The van der Waals surface area contributed by atoms with Crippen LogP contribution in [0.15, 0.2) is 0 Å². The summed E-state index contributed by atoms with van der Waals surface area (Å²) in [5.41, 5.74) is 5.11. The van der Waals surface area contributed by atoms with Gasteiger partial charge in [0.1, 0.15) is 6.04 Å². The average molecular weight is 301 g/mol. The van der Waals surface area contributed by atoms with E-state index in [9.17, 15) is 14.4 Å². The predicted octanol–water partition coefficient (Wildman–Crippen LogP) is -0.530. The van der Waals surface area contributed by atoms with Crippen molar-refractivity contribution in [2.24, 2.45) is 11.7 Å². The predicted molar refractivity (Wildman–Crippen MR) is 74.3 cm³/mol. The number of urea groups is 1. The molecule has 0 spiro atoms. The molecule has 1 saturated heterocycles. The standard InChI is InChI=1S/C13H23N3O5/c1-8(2)6-9(15-13(14)19)11(17)16-4-5-21-10(7-16)12(18)20-3/h8-10H,4-7H2,1-3H3,(H3,14,15,19). The van der Waals surface area contributed by atoms with E-state index < -0.39 is 24.1 Å². The van der Waals surface area contributed by atoms with Crippen molar-refractivity contribution < 1.29 is 23.9 Å². The Balaban J connectivity index is 2.72. The highest BCUT2D eigenvalue weighted by atomic mass is 16.6. The zero-order valence-corrected chi connectivity index (χ0v) is 12.6. The number of nitrogens with one attached hydrogen (secondary N) is 1. The summed E-state index contributed by atoms with van der Waals surface area (Å²) in [6.45, 7) is 4.61. The van der Waals surface area contributed by atoms with Gasteiger partial charge in [-0.1, -0.05) is 13.8 Å². The Kier molecular flexibility index (Phi) is 6.41. The van der Waals surface area contributed by atoms with Crippen LogP contribution in [0.1, 0.15) is 20.3 Å². The van der Waals surface area contributed by atoms with Gasteiger partial charge in [-0.05, 0) is 12.3 Å². The molecule has 1 heterocycles. The molecule has 0 bridgehead atoms. The van der Waals surface area contributed by atoms with E-state index in [2.05, 4.69) is 10.1 Å². The zero-order chi connectivity index (χ0) is 16.0. The number of methoxy groups -OCH3 is 1. The van der Waals surface area contributed by atoms with Gasteiger partial charge < -0.3 is 25.4 Å². The molecular weight excluding hydrogens is 278 g/mol. The lowest BCUT2D eigenvalue weighted by molar-refractivity contribution is -0.163. The second-order valence-corrected chi connectivity index (χ2v) is 5.36. The lowest BCUT2D eigenvalue weighted by atomic mass is 10.0. The van der Waals surface area contributed by atoms with Crippen molar-refractivity contribution in [1.29, 1.82) is 0 Å². The fourth-order valence-corrected chi connectivity index (χ4v) is 2.21. The molecule has 0 aromatic carbocycles. The quantitative estimate of drug-likeness (QED) is 0.663. The van der Waals surface area contributed by atoms with E-state index in [1.54, 1.807) is 0 Å². The first-order valence-corrected chi connectivity index (χ1v) is 6.89. The molecule has 0 aromatic rings. The van der Waals surface area contributed by atoms with Crippen LogP contribution in [0.5, 0.6) is 0 Å². The Bertz CT molecular complexity index is 399. The van der Waals surface area contributed by atoms with Crippen molar-refractivity contribution in [2.75, 3.05) is 26.8 Å². The molecule has 8 heteroatoms. The molecule has 3 N–H and O–H groups in total. The molecule has 1 fully saturated rings. The number of primary amides is 1. The number of carbonyl (C=O) groups excluding carboxylic acids is 3. The number of esters is 1. The summed E-state index contributed by atoms with van der Waals surface area (Å²) >= 11 is 0. The van der Waals surface area contributed by atoms with Crippen molar-refractivity contribution in [3.8, 4) is 0 Å². The maximum atomic E-state index is 12.5. The molecule has 8 nitrogen and oxygen atoms in total. The summed E-state index contributed by atoms with van der Waals surface area (Å²) in [6.07, 6.45) is -0.317. The molecular formula is C13H23N3O5. The van der Waals surface area contributed by atoms with Gasteiger partial charge in [0.2, 0.25) is 5.91 Å². The first-order valence-electron chi connectivity index (χ1n) is 6.89. The van der Waals surface area contributed by atoms with E-state index in [1.807, 2.05) is 13.8 Å². The number of nitrogens with two attached hydrogens (primary N) is 1. The Morgan fingerprint density at radius 1 is 1.43 bits per heavy atom. The van der Waals surface area contributed by atoms with E-state index in [0.717, 1.165) is 0 Å². The van der Waals surface area contributed by atoms with E-state index in [0.29, 0.717) is 13.0 Å². The SMILES string of the molecule is COC(=O)C1CN(C(=O)C(CC(C)C)NC(N)=O)CCO1. The van der Waals surface area contributed by atoms with Crippen LogP contribution in [-0.2, 0) is 19.1 Å². The summed E-state index contributed by atoms with van der Waals surface area (Å²) < 4.78 is 9.89. The Morgan fingerprint density at radius 3 is 2.62 bits per heavy atom. The second kappa shape index (κ2) is 7.82. The normalized spacial score (nSPS) is 20.0. The van der Waals surface area contributed by atoms with Gasteiger partial charge in [-0.3, -0.25) is 4.79 Å². The van der Waals surface area contributed by atoms with Crippen molar-refractivity contribution in [2.45, 2.75) is 32.4 Å². The lowest BCUT2D eigenvalue weighted by Crippen LogP contribution is -2.56. The first kappa shape index (κ1) is 17.2. The van der Waals surface area contributed by atoms with Crippen LogP contribution in [0, 0.1) is 5.92 Å². The number of rotatable bonds is 5. The van der Waals surface area contributed by atoms with Crippen LogP contribution in [0.4, 0.5) is 4.79 Å². The fourth-order valence-electron chi connectivity index (χ4n) is 2.21. The van der Waals surface area contributed by atoms with E-state index in [-0.39, 0.29) is 25.0 Å². The molecule has 0 aromatic heterocycles. The number of amides is 3. The van der Waals surface area contributed by atoms with Gasteiger partial charge in [-0.15, -0.1) is 0 Å². The minimum atomic E-state index is -0.791.